The van der Waals surface area contributed by atoms with Crippen molar-refractivity contribution in [2.75, 3.05) is 23.8 Å². The second-order valence-corrected chi connectivity index (χ2v) is 5.82. The highest BCUT2D eigenvalue weighted by molar-refractivity contribution is 5.92. The van der Waals surface area contributed by atoms with E-state index in [1.54, 1.807) is 6.07 Å². The van der Waals surface area contributed by atoms with Gasteiger partial charge in [0.25, 0.3) is 0 Å². The smallest absolute Gasteiger partial charge is 0.338 e. The first kappa shape index (κ1) is 13.3. The molecule has 2 saturated carbocycles. The number of esters is 1. The number of nitrogen functional groups attached to an aromatic ring is 1. The third kappa shape index (κ3) is 2.89. The molecule has 0 aliphatic heterocycles. The van der Waals surface area contributed by atoms with Gasteiger partial charge in [-0.3, -0.25) is 0 Å². The summed E-state index contributed by atoms with van der Waals surface area (Å²) in [6.45, 7) is 3.29. The van der Waals surface area contributed by atoms with Crippen LogP contribution < -0.4 is 10.6 Å². The van der Waals surface area contributed by atoms with Crippen LogP contribution >= 0.6 is 0 Å². The fraction of sp³-hybridized carbons (Fsp3) is 0.562. The standard InChI is InChI=1S/C16H22N2O2/c1-2-20-16(19)12-5-8-14(17)15(9-12)18(13-6-7-13)10-11-3-4-11/h5,8-9,11,13H,2-4,6-7,10,17H2,1H3. The lowest BCUT2D eigenvalue weighted by atomic mass is 10.1. The molecule has 3 rings (SSSR count). The van der Waals surface area contributed by atoms with E-state index in [1.165, 1.54) is 25.7 Å². The lowest BCUT2D eigenvalue weighted by Crippen LogP contribution is -2.29. The number of nitrogens with two attached hydrogens (primary N) is 1. The Hall–Kier alpha value is -1.71. The van der Waals surface area contributed by atoms with Crippen molar-refractivity contribution in [1.82, 2.24) is 0 Å². The van der Waals surface area contributed by atoms with Crippen molar-refractivity contribution in [2.45, 2.75) is 38.6 Å². The van der Waals surface area contributed by atoms with Gasteiger partial charge in [-0.1, -0.05) is 0 Å². The molecule has 2 N–H and O–H groups in total. The summed E-state index contributed by atoms with van der Waals surface area (Å²) in [7, 11) is 0. The van der Waals surface area contributed by atoms with Crippen LogP contribution in [0, 0.1) is 5.92 Å². The Balaban J connectivity index is 1.85. The first-order valence-electron chi connectivity index (χ1n) is 7.52. The Morgan fingerprint density at radius 2 is 2.10 bits per heavy atom. The van der Waals surface area contributed by atoms with Crippen LogP contribution in [0.3, 0.4) is 0 Å². The zero-order chi connectivity index (χ0) is 14.1. The molecule has 2 aliphatic rings. The lowest BCUT2D eigenvalue weighted by molar-refractivity contribution is 0.0526. The van der Waals surface area contributed by atoms with Crippen molar-refractivity contribution >= 4 is 17.3 Å². The number of rotatable bonds is 6. The number of hydrogen-bond acceptors (Lipinski definition) is 4. The monoisotopic (exact) mass is 274 g/mol. The molecule has 1 aromatic rings. The fourth-order valence-corrected chi connectivity index (χ4v) is 2.54. The van der Waals surface area contributed by atoms with Crippen LogP contribution in [-0.2, 0) is 4.74 Å². The van der Waals surface area contributed by atoms with Gasteiger partial charge in [0.05, 0.1) is 23.5 Å². The normalized spacial score (nSPS) is 17.9. The van der Waals surface area contributed by atoms with Gasteiger partial charge in [-0.25, -0.2) is 4.79 Å². The average Bonchev–Trinajstić information content (AvgIpc) is 3.30. The van der Waals surface area contributed by atoms with E-state index in [0.29, 0.717) is 18.2 Å². The summed E-state index contributed by atoms with van der Waals surface area (Å²) in [5, 5.41) is 0. The maximum absolute atomic E-state index is 11.9. The zero-order valence-corrected chi connectivity index (χ0v) is 12.0. The van der Waals surface area contributed by atoms with E-state index < -0.39 is 0 Å². The Morgan fingerprint density at radius 1 is 1.35 bits per heavy atom. The van der Waals surface area contributed by atoms with Crippen molar-refractivity contribution in [1.29, 1.82) is 0 Å². The number of ether oxygens (including phenoxy) is 1. The second-order valence-electron chi connectivity index (χ2n) is 5.82. The van der Waals surface area contributed by atoms with Gasteiger partial charge in [-0.2, -0.15) is 0 Å². The predicted molar refractivity (Wildman–Crippen MR) is 79.9 cm³/mol. The van der Waals surface area contributed by atoms with Gasteiger partial charge in [-0.05, 0) is 56.7 Å². The van der Waals surface area contributed by atoms with Gasteiger partial charge in [0, 0.05) is 12.6 Å². The Labute approximate surface area is 119 Å². The van der Waals surface area contributed by atoms with Crippen LogP contribution in [0.2, 0.25) is 0 Å². The third-order valence-electron chi connectivity index (χ3n) is 3.99. The average molecular weight is 274 g/mol. The molecule has 0 radical (unpaired) electrons. The van der Waals surface area contributed by atoms with E-state index in [0.717, 1.165) is 23.8 Å². The van der Waals surface area contributed by atoms with Gasteiger partial charge < -0.3 is 15.4 Å². The zero-order valence-electron chi connectivity index (χ0n) is 12.0. The van der Waals surface area contributed by atoms with Crippen LogP contribution in [0.15, 0.2) is 18.2 Å². The minimum Gasteiger partial charge on any atom is -0.462 e. The molecule has 1 aromatic carbocycles. The van der Waals surface area contributed by atoms with E-state index in [9.17, 15) is 4.79 Å². The summed E-state index contributed by atoms with van der Waals surface area (Å²) < 4.78 is 5.07. The minimum absolute atomic E-state index is 0.268. The maximum atomic E-state index is 11.9. The summed E-state index contributed by atoms with van der Waals surface area (Å²) in [6, 6.07) is 6.08. The Morgan fingerprint density at radius 3 is 2.70 bits per heavy atom. The molecular formula is C16H22N2O2. The third-order valence-corrected chi connectivity index (χ3v) is 3.99. The van der Waals surface area contributed by atoms with Crippen LogP contribution in [0.4, 0.5) is 11.4 Å². The molecule has 108 valence electrons. The molecule has 0 unspecified atom stereocenters. The maximum Gasteiger partial charge on any atom is 0.338 e. The molecule has 0 amide bonds. The summed E-state index contributed by atoms with van der Waals surface area (Å²) in [4.78, 5) is 14.3. The highest BCUT2D eigenvalue weighted by Gasteiger charge is 2.34. The quantitative estimate of drug-likeness (QED) is 0.640. The largest absolute Gasteiger partial charge is 0.462 e. The number of nitrogens with zero attached hydrogens (tertiary/aromatic N) is 1. The summed E-state index contributed by atoms with van der Waals surface area (Å²) in [5.74, 6) is 0.539. The molecule has 0 atom stereocenters. The fourth-order valence-electron chi connectivity index (χ4n) is 2.54. The van der Waals surface area contributed by atoms with Gasteiger partial charge >= 0.3 is 5.97 Å². The number of carbonyl (C=O) groups excluding carboxylic acids is 1. The highest BCUT2D eigenvalue weighted by atomic mass is 16.5. The van der Waals surface area contributed by atoms with Crippen LogP contribution in [-0.4, -0.2) is 25.2 Å². The summed E-state index contributed by atoms with van der Waals surface area (Å²) in [6.07, 6.45) is 5.10. The minimum atomic E-state index is -0.268. The number of carbonyl (C=O) groups is 1. The molecule has 0 aromatic heterocycles. The van der Waals surface area contributed by atoms with Crippen molar-refractivity contribution in [2.24, 2.45) is 5.92 Å². The van der Waals surface area contributed by atoms with Gasteiger partial charge in [0.15, 0.2) is 0 Å². The molecule has 4 heteroatoms. The van der Waals surface area contributed by atoms with Crippen molar-refractivity contribution in [3.05, 3.63) is 23.8 Å². The van der Waals surface area contributed by atoms with E-state index in [-0.39, 0.29) is 5.97 Å². The number of anilines is 2. The van der Waals surface area contributed by atoms with Gasteiger partial charge in [0.1, 0.15) is 0 Å². The molecule has 20 heavy (non-hydrogen) atoms. The van der Waals surface area contributed by atoms with E-state index in [2.05, 4.69) is 4.90 Å². The summed E-state index contributed by atoms with van der Waals surface area (Å²) in [5.41, 5.74) is 8.49. The molecular weight excluding hydrogens is 252 g/mol. The molecule has 0 saturated heterocycles. The summed E-state index contributed by atoms with van der Waals surface area (Å²) >= 11 is 0. The second kappa shape index (κ2) is 5.35. The van der Waals surface area contributed by atoms with Crippen molar-refractivity contribution in [3.63, 3.8) is 0 Å². The number of hydrogen-bond donors (Lipinski definition) is 1. The first-order chi connectivity index (χ1) is 9.69. The molecule has 2 fully saturated rings. The molecule has 2 aliphatic carbocycles. The number of benzene rings is 1. The predicted octanol–water partition coefficient (Wildman–Crippen LogP) is 2.82. The SMILES string of the molecule is CCOC(=O)c1ccc(N)c(N(CC2CC2)C2CC2)c1. The van der Waals surface area contributed by atoms with E-state index in [1.807, 2.05) is 19.1 Å². The van der Waals surface area contributed by atoms with E-state index >= 15 is 0 Å². The van der Waals surface area contributed by atoms with Crippen molar-refractivity contribution in [3.8, 4) is 0 Å². The highest BCUT2D eigenvalue weighted by Crippen LogP contribution is 2.39. The van der Waals surface area contributed by atoms with E-state index in [4.69, 9.17) is 10.5 Å². The Kier molecular flexibility index (Phi) is 3.55. The van der Waals surface area contributed by atoms with Gasteiger partial charge in [0.2, 0.25) is 0 Å². The van der Waals surface area contributed by atoms with Crippen LogP contribution in [0.25, 0.3) is 0 Å². The van der Waals surface area contributed by atoms with Crippen LogP contribution in [0.1, 0.15) is 43.0 Å². The van der Waals surface area contributed by atoms with Crippen molar-refractivity contribution < 1.29 is 9.53 Å². The lowest BCUT2D eigenvalue weighted by Gasteiger charge is -2.26. The van der Waals surface area contributed by atoms with Crippen LogP contribution in [0.5, 0.6) is 0 Å². The molecule has 0 spiro atoms. The molecule has 0 bridgehead atoms. The molecule has 4 nitrogen and oxygen atoms in total. The van der Waals surface area contributed by atoms with Gasteiger partial charge in [-0.15, -0.1) is 0 Å². The topological polar surface area (TPSA) is 55.6 Å². The first-order valence-corrected chi connectivity index (χ1v) is 7.52. The molecule has 0 heterocycles. The Bertz CT molecular complexity index is 507.